The van der Waals surface area contributed by atoms with Crippen molar-refractivity contribution in [1.29, 1.82) is 0 Å². The molecule has 176 valence electrons. The van der Waals surface area contributed by atoms with Crippen molar-refractivity contribution >= 4 is 29.3 Å². The zero-order valence-corrected chi connectivity index (χ0v) is 19.6. The van der Waals surface area contributed by atoms with Gasteiger partial charge in [-0.15, -0.1) is 0 Å². The Hall–Kier alpha value is -4.13. The SMILES string of the molecule is CC(C)(C)c1ccc(C(=O)Nc2ccccc2NC(=O)CNC(=O)OCc2ccccc2)cc1. The fourth-order valence-corrected chi connectivity index (χ4v) is 3.14. The molecule has 3 amide bonds. The third-order valence-electron chi connectivity index (χ3n) is 5.07. The number of benzene rings is 3. The minimum absolute atomic E-state index is 0.00606. The number of rotatable bonds is 7. The van der Waals surface area contributed by atoms with E-state index >= 15 is 0 Å². The van der Waals surface area contributed by atoms with Crippen molar-refractivity contribution in [2.75, 3.05) is 17.2 Å². The maximum absolute atomic E-state index is 12.7. The first-order valence-corrected chi connectivity index (χ1v) is 11.0. The molecule has 0 aromatic heterocycles. The lowest BCUT2D eigenvalue weighted by Gasteiger charge is -2.19. The second-order valence-corrected chi connectivity index (χ2v) is 8.79. The zero-order valence-electron chi connectivity index (χ0n) is 19.6. The summed E-state index contributed by atoms with van der Waals surface area (Å²) >= 11 is 0. The van der Waals surface area contributed by atoms with E-state index in [1.807, 2.05) is 42.5 Å². The van der Waals surface area contributed by atoms with Gasteiger partial charge >= 0.3 is 6.09 Å². The second kappa shape index (κ2) is 11.1. The first-order chi connectivity index (χ1) is 16.2. The molecule has 7 heteroatoms. The summed E-state index contributed by atoms with van der Waals surface area (Å²) < 4.78 is 5.10. The van der Waals surface area contributed by atoms with Gasteiger partial charge in [0.15, 0.2) is 0 Å². The number of amides is 3. The zero-order chi connectivity index (χ0) is 24.6. The molecule has 0 aliphatic rings. The van der Waals surface area contributed by atoms with Crippen LogP contribution in [-0.4, -0.2) is 24.5 Å². The van der Waals surface area contributed by atoms with Crippen LogP contribution in [0.3, 0.4) is 0 Å². The maximum atomic E-state index is 12.7. The van der Waals surface area contributed by atoms with Gasteiger partial charge in [0.05, 0.1) is 11.4 Å². The van der Waals surface area contributed by atoms with Crippen LogP contribution in [0, 0.1) is 0 Å². The highest BCUT2D eigenvalue weighted by Gasteiger charge is 2.15. The Bertz CT molecular complexity index is 1140. The first-order valence-electron chi connectivity index (χ1n) is 11.0. The predicted octanol–water partition coefficient (Wildman–Crippen LogP) is 5.10. The van der Waals surface area contributed by atoms with E-state index in [0.717, 1.165) is 11.1 Å². The molecule has 0 saturated carbocycles. The summed E-state index contributed by atoms with van der Waals surface area (Å²) in [4.78, 5) is 36.9. The lowest BCUT2D eigenvalue weighted by atomic mass is 9.87. The van der Waals surface area contributed by atoms with E-state index in [1.165, 1.54) is 0 Å². The van der Waals surface area contributed by atoms with Gasteiger partial charge in [0.25, 0.3) is 5.91 Å². The van der Waals surface area contributed by atoms with Crippen molar-refractivity contribution < 1.29 is 19.1 Å². The van der Waals surface area contributed by atoms with Crippen molar-refractivity contribution in [1.82, 2.24) is 5.32 Å². The predicted molar refractivity (Wildman–Crippen MR) is 133 cm³/mol. The number of alkyl carbamates (subject to hydrolysis) is 1. The van der Waals surface area contributed by atoms with Gasteiger partial charge in [0.2, 0.25) is 5.91 Å². The topological polar surface area (TPSA) is 96.5 Å². The average molecular weight is 460 g/mol. The van der Waals surface area contributed by atoms with Gasteiger partial charge in [0.1, 0.15) is 13.2 Å². The van der Waals surface area contributed by atoms with Gasteiger partial charge in [-0.2, -0.15) is 0 Å². The van der Waals surface area contributed by atoms with Gasteiger partial charge in [-0.3, -0.25) is 9.59 Å². The van der Waals surface area contributed by atoms with E-state index < -0.39 is 12.0 Å². The number of ether oxygens (including phenoxy) is 1. The molecule has 0 fully saturated rings. The molecule has 0 aliphatic heterocycles. The molecular formula is C27H29N3O4. The van der Waals surface area contributed by atoms with Crippen molar-refractivity contribution in [3.8, 4) is 0 Å². The van der Waals surface area contributed by atoms with E-state index in [4.69, 9.17) is 4.74 Å². The summed E-state index contributed by atoms with van der Waals surface area (Å²) in [7, 11) is 0. The molecule has 3 N–H and O–H groups in total. The van der Waals surface area contributed by atoms with Crippen molar-refractivity contribution in [3.63, 3.8) is 0 Å². The Morgan fingerprint density at radius 1 is 0.765 bits per heavy atom. The third-order valence-corrected chi connectivity index (χ3v) is 5.07. The van der Waals surface area contributed by atoms with Crippen molar-refractivity contribution in [2.24, 2.45) is 0 Å². The summed E-state index contributed by atoms with van der Waals surface area (Å²) in [5.41, 5.74) is 3.36. The molecule has 0 unspecified atom stereocenters. The lowest BCUT2D eigenvalue weighted by Crippen LogP contribution is -2.33. The minimum Gasteiger partial charge on any atom is -0.445 e. The smallest absolute Gasteiger partial charge is 0.407 e. The Kier molecular flexibility index (Phi) is 8.03. The van der Waals surface area contributed by atoms with Gasteiger partial charge in [-0.05, 0) is 40.8 Å². The van der Waals surface area contributed by atoms with E-state index in [2.05, 4.69) is 36.7 Å². The summed E-state index contributed by atoms with van der Waals surface area (Å²) in [5, 5.41) is 7.95. The van der Waals surface area contributed by atoms with Crippen LogP contribution in [0.2, 0.25) is 0 Å². The summed E-state index contributed by atoms with van der Waals surface area (Å²) in [6, 6.07) is 23.5. The first kappa shape index (κ1) is 24.5. The Morgan fingerprint density at radius 2 is 1.35 bits per heavy atom. The van der Waals surface area contributed by atoms with E-state index in [9.17, 15) is 14.4 Å². The molecule has 0 aliphatic carbocycles. The van der Waals surface area contributed by atoms with Crippen LogP contribution in [0.4, 0.5) is 16.2 Å². The highest BCUT2D eigenvalue weighted by molar-refractivity contribution is 6.07. The van der Waals surface area contributed by atoms with Crippen LogP contribution in [0.25, 0.3) is 0 Å². The standard InChI is InChI=1S/C27H29N3O4/c1-27(2,3)21-15-13-20(14-16-21)25(32)30-23-12-8-7-11-22(23)29-24(31)17-28-26(33)34-18-19-9-5-4-6-10-19/h4-16H,17-18H2,1-3H3,(H,28,33)(H,29,31)(H,30,32). The van der Waals surface area contributed by atoms with Gasteiger partial charge in [-0.1, -0.05) is 75.4 Å². The van der Waals surface area contributed by atoms with Crippen LogP contribution >= 0.6 is 0 Å². The molecule has 0 radical (unpaired) electrons. The molecule has 0 bridgehead atoms. The van der Waals surface area contributed by atoms with Crippen LogP contribution in [0.15, 0.2) is 78.9 Å². The molecule has 7 nitrogen and oxygen atoms in total. The number of anilines is 2. The number of carbonyl (C=O) groups is 3. The Labute approximate surface area is 199 Å². The molecule has 3 aromatic rings. The van der Waals surface area contributed by atoms with Gasteiger partial charge in [0, 0.05) is 5.56 Å². The minimum atomic E-state index is -0.695. The van der Waals surface area contributed by atoms with Crippen molar-refractivity contribution in [3.05, 3.63) is 95.6 Å². The number of hydrogen-bond donors (Lipinski definition) is 3. The number of hydrogen-bond acceptors (Lipinski definition) is 4. The maximum Gasteiger partial charge on any atom is 0.407 e. The number of para-hydroxylation sites is 2. The number of nitrogens with one attached hydrogen (secondary N) is 3. The van der Waals surface area contributed by atoms with Gasteiger partial charge < -0.3 is 20.7 Å². The molecule has 0 saturated heterocycles. The lowest BCUT2D eigenvalue weighted by molar-refractivity contribution is -0.115. The molecule has 34 heavy (non-hydrogen) atoms. The molecule has 0 spiro atoms. The summed E-state index contributed by atoms with van der Waals surface area (Å²) in [6.45, 7) is 6.17. The highest BCUT2D eigenvalue weighted by atomic mass is 16.5. The quantitative estimate of drug-likeness (QED) is 0.458. The monoisotopic (exact) mass is 459 g/mol. The summed E-state index contributed by atoms with van der Waals surface area (Å²) in [5.74, 6) is -0.738. The van der Waals surface area contributed by atoms with Crippen LogP contribution < -0.4 is 16.0 Å². The fraction of sp³-hybridized carbons (Fsp3) is 0.222. The third kappa shape index (κ3) is 7.20. The molecule has 3 rings (SSSR count). The summed E-state index contributed by atoms with van der Waals surface area (Å²) in [6.07, 6.45) is -0.695. The van der Waals surface area contributed by atoms with Crippen LogP contribution in [-0.2, 0) is 21.6 Å². The van der Waals surface area contributed by atoms with E-state index in [0.29, 0.717) is 16.9 Å². The van der Waals surface area contributed by atoms with Crippen LogP contribution in [0.5, 0.6) is 0 Å². The molecular weight excluding hydrogens is 430 g/mol. The number of carbonyl (C=O) groups excluding carboxylic acids is 3. The fourth-order valence-electron chi connectivity index (χ4n) is 3.14. The average Bonchev–Trinajstić information content (AvgIpc) is 2.83. The molecule has 0 heterocycles. The Morgan fingerprint density at radius 3 is 1.97 bits per heavy atom. The van der Waals surface area contributed by atoms with E-state index in [1.54, 1.807) is 36.4 Å². The second-order valence-electron chi connectivity index (χ2n) is 8.79. The van der Waals surface area contributed by atoms with Crippen molar-refractivity contribution in [2.45, 2.75) is 32.8 Å². The normalized spacial score (nSPS) is 10.8. The van der Waals surface area contributed by atoms with Gasteiger partial charge in [-0.25, -0.2) is 4.79 Å². The Balaban J connectivity index is 1.53. The molecule has 0 atom stereocenters. The largest absolute Gasteiger partial charge is 0.445 e. The molecule has 3 aromatic carbocycles. The highest BCUT2D eigenvalue weighted by Crippen LogP contribution is 2.24. The van der Waals surface area contributed by atoms with E-state index in [-0.39, 0.29) is 24.5 Å². The van der Waals surface area contributed by atoms with Crippen LogP contribution in [0.1, 0.15) is 42.3 Å².